The zero-order chi connectivity index (χ0) is 23.7. The van der Waals surface area contributed by atoms with Crippen molar-refractivity contribution in [1.29, 1.82) is 0 Å². The van der Waals surface area contributed by atoms with Gasteiger partial charge in [-0.05, 0) is 54.1 Å². The van der Waals surface area contributed by atoms with Crippen LogP contribution >= 0.6 is 0 Å². The first-order valence-corrected chi connectivity index (χ1v) is 9.54. The van der Waals surface area contributed by atoms with Crippen molar-refractivity contribution in [2.24, 2.45) is 0 Å². The summed E-state index contributed by atoms with van der Waals surface area (Å²) >= 11 is 0. The van der Waals surface area contributed by atoms with Crippen molar-refractivity contribution >= 4 is 34.4 Å². The van der Waals surface area contributed by atoms with E-state index in [9.17, 15) is 28.5 Å². The third-order valence-electron chi connectivity index (χ3n) is 4.97. The molecule has 8 nitrogen and oxygen atoms in total. The molecular weight excluding hydrogens is 436 g/mol. The van der Waals surface area contributed by atoms with E-state index in [1.807, 2.05) is 0 Å². The van der Waals surface area contributed by atoms with Gasteiger partial charge in [0.25, 0.3) is 17.5 Å². The normalized spacial score (nSPS) is 13.5. The van der Waals surface area contributed by atoms with Gasteiger partial charge in [0.15, 0.2) is 11.6 Å². The van der Waals surface area contributed by atoms with Crippen LogP contribution in [0.3, 0.4) is 0 Å². The summed E-state index contributed by atoms with van der Waals surface area (Å²) in [5.41, 5.74) is 0.144. The van der Waals surface area contributed by atoms with Gasteiger partial charge in [-0.2, -0.15) is 0 Å². The Hall–Kier alpha value is -4.60. The highest BCUT2D eigenvalue weighted by molar-refractivity contribution is 6.46. The molecule has 0 saturated carbocycles. The minimum atomic E-state index is -1.22. The lowest BCUT2D eigenvalue weighted by Gasteiger charge is -2.15. The molecule has 0 radical (unpaired) electrons. The predicted molar refractivity (Wildman–Crippen MR) is 115 cm³/mol. The van der Waals surface area contributed by atoms with Crippen LogP contribution < -0.4 is 15.0 Å². The number of methoxy groups -OCH3 is 1. The minimum absolute atomic E-state index is 0.0737. The van der Waals surface area contributed by atoms with Crippen molar-refractivity contribution in [2.45, 2.75) is 0 Å². The van der Waals surface area contributed by atoms with Gasteiger partial charge < -0.3 is 10.1 Å². The number of nitrogens with one attached hydrogen (secondary N) is 1. The zero-order valence-corrected chi connectivity index (χ0v) is 17.0. The zero-order valence-electron chi connectivity index (χ0n) is 17.0. The van der Waals surface area contributed by atoms with Gasteiger partial charge in [0.05, 0.1) is 23.3 Å². The predicted octanol–water partition coefficient (Wildman–Crippen LogP) is 4.28. The first-order valence-electron chi connectivity index (χ1n) is 9.54. The molecule has 4 rings (SSSR count). The summed E-state index contributed by atoms with van der Waals surface area (Å²) in [5.74, 6) is -3.37. The number of hydrogen-bond acceptors (Lipinski definition) is 6. The number of halogens is 2. The molecule has 3 aromatic carbocycles. The second-order valence-electron chi connectivity index (χ2n) is 6.95. The average Bonchev–Trinajstić information content (AvgIpc) is 3.05. The number of benzene rings is 3. The molecule has 10 heteroatoms. The molecule has 0 atom stereocenters. The highest BCUT2D eigenvalue weighted by Gasteiger charge is 2.40. The molecule has 2 amide bonds. The number of nitro benzene ring substituents is 1. The van der Waals surface area contributed by atoms with Gasteiger partial charge in [-0.1, -0.05) is 0 Å². The maximum Gasteiger partial charge on any atom is 0.282 e. The van der Waals surface area contributed by atoms with Crippen molar-refractivity contribution in [2.75, 3.05) is 17.3 Å². The number of non-ortho nitro benzene ring substituents is 1. The quantitative estimate of drug-likeness (QED) is 0.341. The van der Waals surface area contributed by atoms with Crippen LogP contribution in [0.2, 0.25) is 0 Å². The minimum Gasteiger partial charge on any atom is -0.497 e. The molecule has 1 aliphatic heterocycles. The lowest BCUT2D eigenvalue weighted by molar-refractivity contribution is -0.384. The van der Waals surface area contributed by atoms with E-state index < -0.39 is 28.4 Å². The van der Waals surface area contributed by atoms with Crippen molar-refractivity contribution < 1.29 is 28.0 Å². The third-order valence-corrected chi connectivity index (χ3v) is 4.97. The summed E-state index contributed by atoms with van der Waals surface area (Å²) < 4.78 is 32.3. The van der Waals surface area contributed by atoms with Crippen molar-refractivity contribution in [3.63, 3.8) is 0 Å². The largest absolute Gasteiger partial charge is 0.497 e. The van der Waals surface area contributed by atoms with Crippen LogP contribution in [-0.2, 0) is 9.59 Å². The first-order chi connectivity index (χ1) is 15.8. The maximum atomic E-state index is 13.8. The van der Waals surface area contributed by atoms with Gasteiger partial charge in [-0.25, -0.2) is 13.7 Å². The second kappa shape index (κ2) is 8.50. The molecule has 0 aliphatic carbocycles. The van der Waals surface area contributed by atoms with Crippen molar-refractivity contribution in [3.8, 4) is 5.75 Å². The fourth-order valence-electron chi connectivity index (χ4n) is 3.34. The number of carbonyl (C=O) groups excluding carboxylic acids is 2. The Bertz CT molecular complexity index is 1300. The number of amides is 2. The molecule has 166 valence electrons. The monoisotopic (exact) mass is 451 g/mol. The number of anilines is 2. The van der Waals surface area contributed by atoms with E-state index in [1.54, 1.807) is 24.3 Å². The third kappa shape index (κ3) is 4.01. The van der Waals surface area contributed by atoms with E-state index in [4.69, 9.17) is 4.74 Å². The summed E-state index contributed by atoms with van der Waals surface area (Å²) in [6, 6.07) is 14.3. The summed E-state index contributed by atoms with van der Waals surface area (Å²) in [7, 11) is 1.50. The SMILES string of the molecule is COc1ccc(NC2=C(c3ccc([N+](=O)[O-])cc3)C(=O)N(c3ccc(F)c(F)c3)C2=O)cc1. The van der Waals surface area contributed by atoms with Crippen LogP contribution in [0.15, 0.2) is 72.4 Å². The molecule has 0 unspecified atom stereocenters. The van der Waals surface area contributed by atoms with Crippen molar-refractivity contribution in [1.82, 2.24) is 0 Å². The molecule has 0 saturated heterocycles. The Labute approximate surface area is 185 Å². The number of imide groups is 1. The molecule has 3 aromatic rings. The molecule has 0 fully saturated rings. The Morgan fingerprint density at radius 2 is 1.58 bits per heavy atom. The van der Waals surface area contributed by atoms with E-state index in [0.717, 1.165) is 18.2 Å². The smallest absolute Gasteiger partial charge is 0.282 e. The van der Waals surface area contributed by atoms with Crippen LogP contribution in [-0.4, -0.2) is 23.8 Å². The maximum absolute atomic E-state index is 13.8. The number of hydrogen-bond donors (Lipinski definition) is 1. The molecule has 1 N–H and O–H groups in total. The topological polar surface area (TPSA) is 102 Å². The van der Waals surface area contributed by atoms with Gasteiger partial charge in [-0.3, -0.25) is 19.7 Å². The van der Waals surface area contributed by atoms with E-state index in [0.29, 0.717) is 16.3 Å². The summed E-state index contributed by atoms with van der Waals surface area (Å²) in [6.07, 6.45) is 0. The Balaban J connectivity index is 1.80. The summed E-state index contributed by atoms with van der Waals surface area (Å²) in [4.78, 5) is 37.6. The first kappa shape index (κ1) is 21.6. The van der Waals surface area contributed by atoms with Crippen LogP contribution in [0, 0.1) is 21.7 Å². The Kier molecular flexibility index (Phi) is 5.57. The fourth-order valence-corrected chi connectivity index (χ4v) is 3.34. The van der Waals surface area contributed by atoms with Crippen LogP contribution in [0.25, 0.3) is 5.57 Å². The fraction of sp³-hybridized carbons (Fsp3) is 0.0435. The van der Waals surface area contributed by atoms with E-state index in [-0.39, 0.29) is 28.2 Å². The Morgan fingerprint density at radius 3 is 2.15 bits per heavy atom. The van der Waals surface area contributed by atoms with E-state index in [2.05, 4.69) is 5.32 Å². The molecule has 0 bridgehead atoms. The van der Waals surface area contributed by atoms with Crippen LogP contribution in [0.1, 0.15) is 5.56 Å². The van der Waals surface area contributed by atoms with Gasteiger partial charge in [-0.15, -0.1) is 0 Å². The number of rotatable bonds is 6. The highest BCUT2D eigenvalue weighted by atomic mass is 19.2. The van der Waals surface area contributed by atoms with Crippen LogP contribution in [0.5, 0.6) is 5.75 Å². The standard InChI is InChI=1S/C23H15F2N3O5/c1-33-17-9-4-14(5-10-17)26-21-20(13-2-6-15(7-3-13)28(31)32)22(29)27(23(21)30)16-8-11-18(24)19(25)12-16/h2-12,26H,1H3. The molecule has 0 aromatic heterocycles. The number of nitrogens with zero attached hydrogens (tertiary/aromatic N) is 2. The average molecular weight is 451 g/mol. The summed E-state index contributed by atoms with van der Waals surface area (Å²) in [6.45, 7) is 0. The van der Waals surface area contributed by atoms with Crippen molar-refractivity contribution in [3.05, 3.63) is 99.7 Å². The number of carbonyl (C=O) groups is 2. The molecule has 0 spiro atoms. The van der Waals surface area contributed by atoms with Gasteiger partial charge >= 0.3 is 0 Å². The van der Waals surface area contributed by atoms with Gasteiger partial charge in [0.1, 0.15) is 11.4 Å². The van der Waals surface area contributed by atoms with E-state index in [1.165, 1.54) is 31.4 Å². The number of nitro groups is 1. The molecular formula is C23H15F2N3O5. The number of ether oxygens (including phenoxy) is 1. The van der Waals surface area contributed by atoms with Gasteiger partial charge in [0.2, 0.25) is 0 Å². The highest BCUT2D eigenvalue weighted by Crippen LogP contribution is 2.35. The lowest BCUT2D eigenvalue weighted by atomic mass is 10.0. The Morgan fingerprint density at radius 1 is 0.909 bits per heavy atom. The molecule has 1 aliphatic rings. The summed E-state index contributed by atoms with van der Waals surface area (Å²) in [5, 5.41) is 13.9. The van der Waals surface area contributed by atoms with Gasteiger partial charge in [0, 0.05) is 23.9 Å². The van der Waals surface area contributed by atoms with E-state index >= 15 is 0 Å². The lowest BCUT2D eigenvalue weighted by Crippen LogP contribution is -2.32. The van der Waals surface area contributed by atoms with Crippen LogP contribution in [0.4, 0.5) is 25.8 Å². The molecule has 1 heterocycles. The second-order valence-corrected chi connectivity index (χ2v) is 6.95. The molecule has 33 heavy (non-hydrogen) atoms.